The van der Waals surface area contributed by atoms with Crippen LogP contribution >= 0.6 is 0 Å². The number of hydrogen-bond acceptors (Lipinski definition) is 5. The molecule has 0 saturated heterocycles. The summed E-state index contributed by atoms with van der Waals surface area (Å²) < 4.78 is 21.8. The number of rotatable bonds is 5. The summed E-state index contributed by atoms with van der Waals surface area (Å²) in [6, 6.07) is 13.2. The van der Waals surface area contributed by atoms with Crippen LogP contribution in [0.25, 0.3) is 0 Å². The van der Waals surface area contributed by atoms with Gasteiger partial charge in [-0.25, -0.2) is 0 Å². The molecule has 1 heterocycles. The minimum atomic E-state index is -0.250. The van der Waals surface area contributed by atoms with E-state index in [2.05, 4.69) is 0 Å². The monoisotopic (exact) mass is 287 g/mol. The van der Waals surface area contributed by atoms with Gasteiger partial charge in [0.25, 0.3) is 0 Å². The Bertz CT molecular complexity index is 629. The molecule has 1 aliphatic heterocycles. The van der Waals surface area contributed by atoms with Gasteiger partial charge in [-0.15, -0.1) is 0 Å². The van der Waals surface area contributed by atoms with Crippen LogP contribution in [0.3, 0.4) is 0 Å². The molecule has 0 amide bonds. The van der Waals surface area contributed by atoms with E-state index in [0.717, 1.165) is 17.1 Å². The van der Waals surface area contributed by atoms with Crippen molar-refractivity contribution in [3.05, 3.63) is 48.0 Å². The molecule has 3 rings (SSSR count). The smallest absolute Gasteiger partial charge is 0.231 e. The molecule has 0 fully saturated rings. The standard InChI is InChI=1S/C16H17NO4/c1-18-12-4-2-3-11(7-12)16(9-17)21-13-5-6-14-15(8-13)20-10-19-14/h2-8,16H,9-10,17H2,1H3. The lowest BCUT2D eigenvalue weighted by atomic mass is 10.1. The van der Waals surface area contributed by atoms with Crippen LogP contribution in [0.15, 0.2) is 42.5 Å². The third kappa shape index (κ3) is 2.87. The number of benzene rings is 2. The van der Waals surface area contributed by atoms with Crippen molar-refractivity contribution in [3.63, 3.8) is 0 Å². The SMILES string of the molecule is COc1cccc(C(CN)Oc2ccc3c(c2)OCO3)c1. The van der Waals surface area contributed by atoms with Gasteiger partial charge in [0.15, 0.2) is 11.5 Å². The summed E-state index contributed by atoms with van der Waals surface area (Å²) in [5, 5.41) is 0. The fourth-order valence-corrected chi connectivity index (χ4v) is 2.21. The Morgan fingerprint density at radius 3 is 2.76 bits per heavy atom. The molecule has 0 bridgehead atoms. The first-order chi connectivity index (χ1) is 10.3. The average molecular weight is 287 g/mol. The van der Waals surface area contributed by atoms with Gasteiger partial charge >= 0.3 is 0 Å². The van der Waals surface area contributed by atoms with E-state index in [9.17, 15) is 0 Å². The topological polar surface area (TPSA) is 62.9 Å². The van der Waals surface area contributed by atoms with Gasteiger partial charge in [0.1, 0.15) is 17.6 Å². The highest BCUT2D eigenvalue weighted by Gasteiger charge is 2.17. The molecule has 1 unspecified atom stereocenters. The van der Waals surface area contributed by atoms with Gasteiger partial charge in [-0.3, -0.25) is 0 Å². The summed E-state index contributed by atoms with van der Waals surface area (Å²) in [6.45, 7) is 0.608. The Balaban J connectivity index is 1.80. The lowest BCUT2D eigenvalue weighted by Crippen LogP contribution is -2.18. The third-order valence-electron chi connectivity index (χ3n) is 3.30. The zero-order valence-corrected chi connectivity index (χ0v) is 11.7. The van der Waals surface area contributed by atoms with E-state index in [1.807, 2.05) is 42.5 Å². The van der Waals surface area contributed by atoms with Crippen molar-refractivity contribution in [3.8, 4) is 23.0 Å². The van der Waals surface area contributed by atoms with Crippen LogP contribution in [0.5, 0.6) is 23.0 Å². The molecular weight excluding hydrogens is 270 g/mol. The van der Waals surface area contributed by atoms with E-state index in [1.54, 1.807) is 7.11 Å². The molecule has 21 heavy (non-hydrogen) atoms. The lowest BCUT2D eigenvalue weighted by molar-refractivity contribution is 0.173. The molecule has 2 aromatic carbocycles. The van der Waals surface area contributed by atoms with Crippen molar-refractivity contribution in [1.29, 1.82) is 0 Å². The van der Waals surface area contributed by atoms with Crippen LogP contribution in [0.1, 0.15) is 11.7 Å². The number of ether oxygens (including phenoxy) is 4. The predicted octanol–water partition coefficient (Wildman–Crippen LogP) is 2.50. The highest BCUT2D eigenvalue weighted by molar-refractivity contribution is 5.47. The van der Waals surface area contributed by atoms with Crippen molar-refractivity contribution >= 4 is 0 Å². The van der Waals surface area contributed by atoms with Crippen molar-refractivity contribution in [1.82, 2.24) is 0 Å². The lowest BCUT2D eigenvalue weighted by Gasteiger charge is -2.18. The Morgan fingerprint density at radius 2 is 1.95 bits per heavy atom. The van der Waals surface area contributed by atoms with E-state index in [1.165, 1.54) is 0 Å². The van der Waals surface area contributed by atoms with Gasteiger partial charge in [0, 0.05) is 12.6 Å². The number of methoxy groups -OCH3 is 1. The Morgan fingerprint density at radius 1 is 1.10 bits per heavy atom. The highest BCUT2D eigenvalue weighted by atomic mass is 16.7. The zero-order chi connectivity index (χ0) is 14.7. The van der Waals surface area contributed by atoms with Crippen molar-refractivity contribution in [2.24, 2.45) is 5.73 Å². The Hall–Kier alpha value is -2.40. The molecule has 0 aromatic heterocycles. The first-order valence-electron chi connectivity index (χ1n) is 6.70. The largest absolute Gasteiger partial charge is 0.497 e. The van der Waals surface area contributed by atoms with Crippen LogP contribution in [0.4, 0.5) is 0 Å². The fourth-order valence-electron chi connectivity index (χ4n) is 2.21. The van der Waals surface area contributed by atoms with Crippen LogP contribution in [-0.2, 0) is 0 Å². The molecule has 0 saturated carbocycles. The van der Waals surface area contributed by atoms with Crippen molar-refractivity contribution in [2.75, 3.05) is 20.4 Å². The normalized spacial score (nSPS) is 13.8. The molecule has 0 aliphatic carbocycles. The van der Waals surface area contributed by atoms with Gasteiger partial charge < -0.3 is 24.7 Å². The maximum Gasteiger partial charge on any atom is 0.231 e. The van der Waals surface area contributed by atoms with Crippen LogP contribution in [-0.4, -0.2) is 20.4 Å². The van der Waals surface area contributed by atoms with Gasteiger partial charge in [-0.1, -0.05) is 12.1 Å². The number of nitrogens with two attached hydrogens (primary N) is 1. The second kappa shape index (κ2) is 5.93. The molecule has 110 valence electrons. The van der Waals surface area contributed by atoms with Gasteiger partial charge in [0.2, 0.25) is 6.79 Å². The molecule has 5 heteroatoms. The summed E-state index contributed by atoms with van der Waals surface area (Å²) in [7, 11) is 1.63. The number of hydrogen-bond donors (Lipinski definition) is 1. The Kier molecular flexibility index (Phi) is 3.83. The molecule has 0 spiro atoms. The molecule has 5 nitrogen and oxygen atoms in total. The third-order valence-corrected chi connectivity index (χ3v) is 3.30. The minimum Gasteiger partial charge on any atom is -0.497 e. The summed E-state index contributed by atoms with van der Waals surface area (Å²) in [4.78, 5) is 0. The van der Waals surface area contributed by atoms with E-state index in [4.69, 9.17) is 24.7 Å². The summed E-state index contributed by atoms with van der Waals surface area (Å²) in [5.74, 6) is 2.89. The summed E-state index contributed by atoms with van der Waals surface area (Å²) in [6.07, 6.45) is -0.250. The Labute approximate surface area is 123 Å². The molecular formula is C16H17NO4. The zero-order valence-electron chi connectivity index (χ0n) is 11.7. The molecule has 2 aromatic rings. The predicted molar refractivity (Wildman–Crippen MR) is 78.0 cm³/mol. The van der Waals surface area contributed by atoms with Gasteiger partial charge in [-0.2, -0.15) is 0 Å². The van der Waals surface area contributed by atoms with E-state index >= 15 is 0 Å². The van der Waals surface area contributed by atoms with Gasteiger partial charge in [-0.05, 0) is 29.8 Å². The van der Waals surface area contributed by atoms with Crippen LogP contribution in [0, 0.1) is 0 Å². The number of fused-ring (bicyclic) bond motifs is 1. The van der Waals surface area contributed by atoms with Crippen molar-refractivity contribution in [2.45, 2.75) is 6.10 Å². The quantitative estimate of drug-likeness (QED) is 0.915. The second-order valence-electron chi connectivity index (χ2n) is 4.63. The first-order valence-corrected chi connectivity index (χ1v) is 6.70. The van der Waals surface area contributed by atoms with Gasteiger partial charge in [0.05, 0.1) is 7.11 Å². The second-order valence-corrected chi connectivity index (χ2v) is 4.63. The van der Waals surface area contributed by atoms with Crippen LogP contribution < -0.4 is 24.7 Å². The highest BCUT2D eigenvalue weighted by Crippen LogP contribution is 2.36. The average Bonchev–Trinajstić information content (AvgIpc) is 3.00. The van der Waals surface area contributed by atoms with Crippen molar-refractivity contribution < 1.29 is 18.9 Å². The maximum absolute atomic E-state index is 5.96. The maximum atomic E-state index is 5.96. The van der Waals surface area contributed by atoms with E-state index in [0.29, 0.717) is 18.0 Å². The molecule has 2 N–H and O–H groups in total. The molecule has 1 aliphatic rings. The summed E-state index contributed by atoms with van der Waals surface area (Å²) >= 11 is 0. The summed E-state index contributed by atoms with van der Waals surface area (Å²) in [5.41, 5.74) is 6.80. The van der Waals surface area contributed by atoms with E-state index < -0.39 is 0 Å². The van der Waals surface area contributed by atoms with Crippen LogP contribution in [0.2, 0.25) is 0 Å². The molecule has 1 atom stereocenters. The fraction of sp³-hybridized carbons (Fsp3) is 0.250. The first kappa shape index (κ1) is 13.6. The molecule has 0 radical (unpaired) electrons. The minimum absolute atomic E-state index is 0.245. The van der Waals surface area contributed by atoms with E-state index in [-0.39, 0.29) is 12.9 Å².